The zero-order valence-corrected chi connectivity index (χ0v) is 19.8. The summed E-state index contributed by atoms with van der Waals surface area (Å²) in [5.41, 5.74) is 4.90. The van der Waals surface area contributed by atoms with Crippen molar-refractivity contribution in [1.29, 1.82) is 0 Å². The first-order valence-corrected chi connectivity index (χ1v) is 11.7. The van der Waals surface area contributed by atoms with Crippen molar-refractivity contribution in [3.8, 4) is 5.75 Å². The van der Waals surface area contributed by atoms with E-state index in [1.165, 1.54) is 23.7 Å². The standard InChI is InChI=1S/C28H28N4O4/c33-27(30-35)15-9-23-7-4-8-24(29-23)10-16-28(34)32-19-17-31(18-20-32)25-11-13-26(14-12-25)36-21-22-5-2-1-3-6-22/h1-16,35H,17-21H2,(H,30,33). The molecule has 1 saturated heterocycles. The molecule has 2 aromatic carbocycles. The van der Waals surface area contributed by atoms with Gasteiger partial charge in [-0.05, 0) is 54.1 Å². The van der Waals surface area contributed by atoms with E-state index in [1.54, 1.807) is 24.3 Å². The Balaban J connectivity index is 1.26. The van der Waals surface area contributed by atoms with Crippen molar-refractivity contribution in [2.75, 3.05) is 31.1 Å². The van der Waals surface area contributed by atoms with Crippen molar-refractivity contribution in [1.82, 2.24) is 15.4 Å². The molecule has 1 aliphatic rings. The summed E-state index contributed by atoms with van der Waals surface area (Å²) < 4.78 is 5.87. The summed E-state index contributed by atoms with van der Waals surface area (Å²) in [6, 6.07) is 23.4. The average molecular weight is 485 g/mol. The Labute approximate surface area is 210 Å². The second kappa shape index (κ2) is 12.3. The largest absolute Gasteiger partial charge is 0.489 e. The number of ether oxygens (including phenoxy) is 1. The van der Waals surface area contributed by atoms with Crippen molar-refractivity contribution in [3.63, 3.8) is 0 Å². The van der Waals surface area contributed by atoms with E-state index in [0.29, 0.717) is 31.1 Å². The number of carbonyl (C=O) groups is 2. The zero-order valence-electron chi connectivity index (χ0n) is 19.8. The van der Waals surface area contributed by atoms with Crippen molar-refractivity contribution in [3.05, 3.63) is 102 Å². The second-order valence-corrected chi connectivity index (χ2v) is 8.21. The molecule has 4 rings (SSSR count). The highest BCUT2D eigenvalue weighted by Gasteiger charge is 2.20. The Morgan fingerprint density at radius 3 is 2.19 bits per heavy atom. The Hall–Kier alpha value is -4.43. The van der Waals surface area contributed by atoms with Crippen LogP contribution >= 0.6 is 0 Å². The van der Waals surface area contributed by atoms with Gasteiger partial charge in [-0.2, -0.15) is 0 Å². The normalized spacial score (nSPS) is 13.8. The molecule has 0 unspecified atom stereocenters. The number of anilines is 1. The number of rotatable bonds is 8. The van der Waals surface area contributed by atoms with Crippen LogP contribution in [0.4, 0.5) is 5.69 Å². The number of nitrogens with one attached hydrogen (secondary N) is 1. The molecule has 1 fully saturated rings. The quantitative estimate of drug-likeness (QED) is 0.289. The lowest BCUT2D eigenvalue weighted by Crippen LogP contribution is -2.48. The fourth-order valence-electron chi connectivity index (χ4n) is 3.79. The Morgan fingerprint density at radius 1 is 0.861 bits per heavy atom. The van der Waals surface area contributed by atoms with Crippen molar-refractivity contribution >= 4 is 29.7 Å². The lowest BCUT2D eigenvalue weighted by Gasteiger charge is -2.35. The van der Waals surface area contributed by atoms with E-state index >= 15 is 0 Å². The van der Waals surface area contributed by atoms with E-state index in [9.17, 15) is 9.59 Å². The van der Waals surface area contributed by atoms with E-state index in [0.717, 1.165) is 30.1 Å². The molecule has 1 aromatic heterocycles. The second-order valence-electron chi connectivity index (χ2n) is 8.21. The SMILES string of the molecule is O=C(C=Cc1cccc(C=CC(=O)N2CCN(c3ccc(OCc4ccccc4)cc3)CC2)n1)NO. The Kier molecular flexibility index (Phi) is 8.45. The minimum atomic E-state index is -0.639. The van der Waals surface area contributed by atoms with Crippen LogP contribution in [0.15, 0.2) is 84.9 Å². The van der Waals surface area contributed by atoms with Gasteiger partial charge in [0, 0.05) is 44.0 Å². The summed E-state index contributed by atoms with van der Waals surface area (Å²) >= 11 is 0. The van der Waals surface area contributed by atoms with Gasteiger partial charge in [0.05, 0.1) is 11.4 Å². The molecule has 8 nitrogen and oxygen atoms in total. The molecule has 8 heteroatoms. The molecule has 1 aliphatic heterocycles. The first-order valence-electron chi connectivity index (χ1n) is 11.7. The number of carbonyl (C=O) groups excluding carboxylic acids is 2. The third kappa shape index (κ3) is 7.04. The number of hydrogen-bond donors (Lipinski definition) is 2. The first-order chi connectivity index (χ1) is 17.6. The number of hydroxylamine groups is 1. The van der Waals surface area contributed by atoms with Crippen LogP contribution in [0.2, 0.25) is 0 Å². The minimum absolute atomic E-state index is 0.0679. The van der Waals surface area contributed by atoms with Crippen LogP contribution in [-0.2, 0) is 16.2 Å². The molecule has 0 spiro atoms. The fourth-order valence-corrected chi connectivity index (χ4v) is 3.79. The maximum Gasteiger partial charge on any atom is 0.267 e. The number of pyridine rings is 1. The number of aromatic nitrogens is 1. The molecule has 2 N–H and O–H groups in total. The summed E-state index contributed by atoms with van der Waals surface area (Å²) in [5.74, 6) is 0.118. The number of piperazine rings is 1. The Bertz CT molecular complexity index is 1220. The fraction of sp³-hybridized carbons (Fsp3) is 0.179. The number of benzene rings is 2. The van der Waals surface area contributed by atoms with Crippen LogP contribution in [0.25, 0.3) is 12.2 Å². The lowest BCUT2D eigenvalue weighted by molar-refractivity contribution is -0.126. The van der Waals surface area contributed by atoms with Gasteiger partial charge in [0.1, 0.15) is 12.4 Å². The van der Waals surface area contributed by atoms with Crippen molar-refractivity contribution in [2.45, 2.75) is 6.61 Å². The van der Waals surface area contributed by atoms with Crippen LogP contribution < -0.4 is 15.1 Å². The van der Waals surface area contributed by atoms with Gasteiger partial charge in [-0.25, -0.2) is 10.5 Å². The molecule has 2 heterocycles. The zero-order chi connectivity index (χ0) is 25.2. The molecule has 0 saturated carbocycles. The molecule has 184 valence electrons. The average Bonchev–Trinajstić information content (AvgIpc) is 2.94. The van der Waals surface area contributed by atoms with Gasteiger partial charge < -0.3 is 14.5 Å². The molecular formula is C28H28N4O4. The van der Waals surface area contributed by atoms with E-state index < -0.39 is 5.91 Å². The summed E-state index contributed by atoms with van der Waals surface area (Å²) in [7, 11) is 0. The molecule has 0 radical (unpaired) electrons. The minimum Gasteiger partial charge on any atom is -0.489 e. The van der Waals surface area contributed by atoms with Crippen LogP contribution in [0.1, 0.15) is 17.0 Å². The lowest BCUT2D eigenvalue weighted by atomic mass is 10.2. The molecule has 0 aliphatic carbocycles. The summed E-state index contributed by atoms with van der Waals surface area (Å²) in [6.07, 6.45) is 5.83. The molecular weight excluding hydrogens is 456 g/mol. The first kappa shape index (κ1) is 24.7. The third-order valence-electron chi connectivity index (χ3n) is 5.75. The molecule has 36 heavy (non-hydrogen) atoms. The predicted octanol–water partition coefficient (Wildman–Crippen LogP) is 3.54. The van der Waals surface area contributed by atoms with E-state index in [1.807, 2.05) is 47.4 Å². The highest BCUT2D eigenvalue weighted by atomic mass is 16.5. The van der Waals surface area contributed by atoms with E-state index in [-0.39, 0.29) is 5.91 Å². The summed E-state index contributed by atoms with van der Waals surface area (Å²) in [4.78, 5) is 32.2. The molecule has 2 amide bonds. The monoisotopic (exact) mass is 484 g/mol. The van der Waals surface area contributed by atoms with Crippen molar-refractivity contribution < 1.29 is 19.5 Å². The molecule has 3 aromatic rings. The maximum atomic E-state index is 12.7. The van der Waals surface area contributed by atoms with Gasteiger partial charge in [-0.15, -0.1) is 0 Å². The van der Waals surface area contributed by atoms with Gasteiger partial charge >= 0.3 is 0 Å². The molecule has 0 bridgehead atoms. The number of amides is 2. The summed E-state index contributed by atoms with van der Waals surface area (Å²) in [6.45, 7) is 3.28. The maximum absolute atomic E-state index is 12.7. The van der Waals surface area contributed by atoms with Gasteiger partial charge in [0.25, 0.3) is 5.91 Å². The van der Waals surface area contributed by atoms with Crippen LogP contribution in [0.3, 0.4) is 0 Å². The third-order valence-corrected chi connectivity index (χ3v) is 5.75. The van der Waals surface area contributed by atoms with E-state index in [4.69, 9.17) is 9.94 Å². The summed E-state index contributed by atoms with van der Waals surface area (Å²) in [5, 5.41) is 8.55. The molecule has 0 atom stereocenters. The van der Waals surface area contributed by atoms with Crippen LogP contribution in [-0.4, -0.2) is 53.1 Å². The van der Waals surface area contributed by atoms with Gasteiger partial charge in [0.15, 0.2) is 0 Å². The Morgan fingerprint density at radius 2 is 1.53 bits per heavy atom. The van der Waals surface area contributed by atoms with Crippen molar-refractivity contribution in [2.24, 2.45) is 0 Å². The van der Waals surface area contributed by atoms with Gasteiger partial charge in [0.2, 0.25) is 5.91 Å². The number of hydrogen-bond acceptors (Lipinski definition) is 6. The van der Waals surface area contributed by atoms with Crippen LogP contribution in [0, 0.1) is 0 Å². The van der Waals surface area contributed by atoms with E-state index in [2.05, 4.69) is 22.0 Å². The number of nitrogens with zero attached hydrogens (tertiary/aromatic N) is 3. The van der Waals surface area contributed by atoms with Gasteiger partial charge in [-0.1, -0.05) is 36.4 Å². The smallest absolute Gasteiger partial charge is 0.267 e. The topological polar surface area (TPSA) is 95.0 Å². The van der Waals surface area contributed by atoms with Crippen LogP contribution in [0.5, 0.6) is 5.75 Å². The predicted molar refractivity (Wildman–Crippen MR) is 138 cm³/mol. The highest BCUT2D eigenvalue weighted by molar-refractivity contribution is 5.92. The highest BCUT2D eigenvalue weighted by Crippen LogP contribution is 2.21. The van der Waals surface area contributed by atoms with Gasteiger partial charge in [-0.3, -0.25) is 14.8 Å².